The predicted octanol–water partition coefficient (Wildman–Crippen LogP) is 1.70. The SMILES string of the molecule is Cc1ccc(C#N)c(N2CCCC(NC(=O)c3cc(C)nn3C)C2)n1. The van der Waals surface area contributed by atoms with Crippen molar-refractivity contribution in [2.24, 2.45) is 7.05 Å². The van der Waals surface area contributed by atoms with E-state index in [0.29, 0.717) is 23.6 Å². The van der Waals surface area contributed by atoms with E-state index in [9.17, 15) is 10.1 Å². The van der Waals surface area contributed by atoms with Crippen LogP contribution in [0.2, 0.25) is 0 Å². The van der Waals surface area contributed by atoms with Crippen LogP contribution in [0.3, 0.4) is 0 Å². The summed E-state index contributed by atoms with van der Waals surface area (Å²) in [4.78, 5) is 19.1. The van der Waals surface area contributed by atoms with Crippen LogP contribution in [-0.2, 0) is 7.05 Å². The molecule has 1 N–H and O–H groups in total. The summed E-state index contributed by atoms with van der Waals surface area (Å²) < 4.78 is 1.60. The summed E-state index contributed by atoms with van der Waals surface area (Å²) in [7, 11) is 1.77. The third-order valence-corrected chi connectivity index (χ3v) is 4.43. The van der Waals surface area contributed by atoms with Gasteiger partial charge in [-0.15, -0.1) is 0 Å². The molecular formula is C18H22N6O. The number of hydrogen-bond donors (Lipinski definition) is 1. The van der Waals surface area contributed by atoms with E-state index < -0.39 is 0 Å². The molecule has 2 aromatic rings. The molecular weight excluding hydrogens is 316 g/mol. The van der Waals surface area contributed by atoms with Crippen molar-refractivity contribution < 1.29 is 4.79 Å². The quantitative estimate of drug-likeness (QED) is 0.920. The van der Waals surface area contributed by atoms with Crippen LogP contribution < -0.4 is 10.2 Å². The molecule has 0 bridgehead atoms. The second kappa shape index (κ2) is 6.93. The van der Waals surface area contributed by atoms with Crippen molar-refractivity contribution in [1.29, 1.82) is 5.26 Å². The summed E-state index contributed by atoms with van der Waals surface area (Å²) in [6.07, 6.45) is 1.85. The molecule has 0 spiro atoms. The van der Waals surface area contributed by atoms with Crippen molar-refractivity contribution in [2.45, 2.75) is 32.7 Å². The van der Waals surface area contributed by atoms with Gasteiger partial charge in [0.05, 0.1) is 11.3 Å². The first-order valence-electron chi connectivity index (χ1n) is 8.42. The number of carbonyl (C=O) groups excluding carboxylic acids is 1. The lowest BCUT2D eigenvalue weighted by Crippen LogP contribution is -2.48. The van der Waals surface area contributed by atoms with Gasteiger partial charge < -0.3 is 10.2 Å². The van der Waals surface area contributed by atoms with Crippen molar-refractivity contribution in [1.82, 2.24) is 20.1 Å². The molecule has 0 radical (unpaired) electrons. The number of aryl methyl sites for hydroxylation is 3. The highest BCUT2D eigenvalue weighted by Gasteiger charge is 2.25. The maximum absolute atomic E-state index is 12.5. The monoisotopic (exact) mass is 338 g/mol. The third kappa shape index (κ3) is 3.63. The number of nitrogens with zero attached hydrogens (tertiary/aromatic N) is 5. The first kappa shape index (κ1) is 17.0. The molecule has 1 amide bonds. The Balaban J connectivity index is 1.74. The molecule has 0 saturated carbocycles. The zero-order chi connectivity index (χ0) is 18.0. The number of hydrogen-bond acceptors (Lipinski definition) is 5. The Hall–Kier alpha value is -2.88. The van der Waals surface area contributed by atoms with Crippen LogP contribution in [0.5, 0.6) is 0 Å². The number of amides is 1. The van der Waals surface area contributed by atoms with E-state index in [-0.39, 0.29) is 11.9 Å². The second-order valence-corrected chi connectivity index (χ2v) is 6.49. The van der Waals surface area contributed by atoms with Crippen LogP contribution >= 0.6 is 0 Å². The normalized spacial score (nSPS) is 17.2. The van der Waals surface area contributed by atoms with Gasteiger partial charge in [0, 0.05) is 31.9 Å². The Bertz CT molecular complexity index is 835. The highest BCUT2D eigenvalue weighted by Crippen LogP contribution is 2.22. The van der Waals surface area contributed by atoms with Gasteiger partial charge in [-0.3, -0.25) is 9.48 Å². The van der Waals surface area contributed by atoms with Gasteiger partial charge >= 0.3 is 0 Å². The van der Waals surface area contributed by atoms with Crippen LogP contribution in [0, 0.1) is 25.2 Å². The number of rotatable bonds is 3. The van der Waals surface area contributed by atoms with Crippen molar-refractivity contribution in [3.63, 3.8) is 0 Å². The van der Waals surface area contributed by atoms with Crippen LogP contribution in [0.15, 0.2) is 18.2 Å². The van der Waals surface area contributed by atoms with E-state index in [2.05, 4.69) is 26.4 Å². The zero-order valence-corrected chi connectivity index (χ0v) is 14.8. The minimum absolute atomic E-state index is 0.0188. The summed E-state index contributed by atoms with van der Waals surface area (Å²) in [5.41, 5.74) is 2.83. The Kier molecular flexibility index (Phi) is 4.70. The lowest BCUT2D eigenvalue weighted by Gasteiger charge is -2.34. The van der Waals surface area contributed by atoms with Gasteiger partial charge in [-0.05, 0) is 44.9 Å². The Morgan fingerprint density at radius 3 is 2.84 bits per heavy atom. The number of anilines is 1. The first-order chi connectivity index (χ1) is 12.0. The molecule has 1 aliphatic heterocycles. The minimum atomic E-state index is -0.118. The fourth-order valence-corrected chi connectivity index (χ4v) is 3.24. The number of piperidine rings is 1. The maximum atomic E-state index is 12.5. The molecule has 0 aliphatic carbocycles. The van der Waals surface area contributed by atoms with Crippen molar-refractivity contribution in [3.05, 3.63) is 40.8 Å². The average molecular weight is 338 g/mol. The summed E-state index contributed by atoms with van der Waals surface area (Å²) in [6, 6.07) is 7.66. The molecule has 1 saturated heterocycles. The third-order valence-electron chi connectivity index (χ3n) is 4.43. The van der Waals surface area contributed by atoms with Crippen LogP contribution in [0.4, 0.5) is 5.82 Å². The van der Waals surface area contributed by atoms with Gasteiger partial charge in [-0.2, -0.15) is 10.4 Å². The molecule has 3 rings (SSSR count). The van der Waals surface area contributed by atoms with Crippen molar-refractivity contribution >= 4 is 11.7 Å². The summed E-state index contributed by atoms with van der Waals surface area (Å²) >= 11 is 0. The lowest BCUT2D eigenvalue weighted by atomic mass is 10.0. The molecule has 1 unspecified atom stereocenters. The zero-order valence-electron chi connectivity index (χ0n) is 14.8. The molecule has 0 aromatic carbocycles. The standard InChI is InChI=1S/C18H22N6O/c1-12-6-7-14(10-19)17(20-12)24-8-4-5-15(11-24)21-18(25)16-9-13(2)22-23(16)3/h6-7,9,15H,4-5,8,11H2,1-3H3,(H,21,25). The molecule has 3 heterocycles. The van der Waals surface area contributed by atoms with E-state index in [0.717, 1.165) is 30.8 Å². The van der Waals surface area contributed by atoms with Gasteiger partial charge in [0.2, 0.25) is 0 Å². The van der Waals surface area contributed by atoms with Gasteiger partial charge in [0.1, 0.15) is 17.6 Å². The van der Waals surface area contributed by atoms with E-state index in [1.165, 1.54) is 0 Å². The summed E-state index contributed by atoms with van der Waals surface area (Å²) in [5.74, 6) is 0.588. The number of nitrogens with one attached hydrogen (secondary N) is 1. The minimum Gasteiger partial charge on any atom is -0.353 e. The van der Waals surface area contributed by atoms with E-state index in [1.54, 1.807) is 23.9 Å². The maximum Gasteiger partial charge on any atom is 0.269 e. The molecule has 1 fully saturated rings. The molecule has 1 aliphatic rings. The van der Waals surface area contributed by atoms with Crippen molar-refractivity contribution in [3.8, 4) is 6.07 Å². The van der Waals surface area contributed by atoms with Crippen LogP contribution in [-0.4, -0.2) is 39.8 Å². The Morgan fingerprint density at radius 2 is 2.16 bits per heavy atom. The van der Waals surface area contributed by atoms with Crippen LogP contribution in [0.1, 0.15) is 40.3 Å². The van der Waals surface area contributed by atoms with Gasteiger partial charge in [0.15, 0.2) is 0 Å². The smallest absolute Gasteiger partial charge is 0.269 e. The van der Waals surface area contributed by atoms with Crippen molar-refractivity contribution in [2.75, 3.05) is 18.0 Å². The number of nitriles is 1. The highest BCUT2D eigenvalue weighted by atomic mass is 16.2. The van der Waals surface area contributed by atoms with E-state index in [4.69, 9.17) is 0 Å². The summed E-state index contributed by atoms with van der Waals surface area (Å²) in [6.45, 7) is 5.26. The Labute approximate surface area is 147 Å². The molecule has 25 heavy (non-hydrogen) atoms. The Morgan fingerprint density at radius 1 is 1.36 bits per heavy atom. The fraction of sp³-hybridized carbons (Fsp3) is 0.444. The molecule has 2 aromatic heterocycles. The summed E-state index contributed by atoms with van der Waals surface area (Å²) in [5, 5.41) is 16.6. The average Bonchev–Trinajstić information content (AvgIpc) is 2.93. The molecule has 130 valence electrons. The molecule has 1 atom stereocenters. The largest absolute Gasteiger partial charge is 0.353 e. The number of carbonyl (C=O) groups is 1. The van der Waals surface area contributed by atoms with Crippen LogP contribution in [0.25, 0.3) is 0 Å². The van der Waals surface area contributed by atoms with E-state index in [1.807, 2.05) is 19.9 Å². The van der Waals surface area contributed by atoms with Gasteiger partial charge in [0.25, 0.3) is 5.91 Å². The number of pyridine rings is 1. The molecule has 7 heteroatoms. The molecule has 7 nitrogen and oxygen atoms in total. The topological polar surface area (TPSA) is 86.8 Å². The number of aromatic nitrogens is 3. The highest BCUT2D eigenvalue weighted by molar-refractivity contribution is 5.92. The first-order valence-corrected chi connectivity index (χ1v) is 8.42. The van der Waals surface area contributed by atoms with Gasteiger partial charge in [-0.25, -0.2) is 4.98 Å². The fourth-order valence-electron chi connectivity index (χ4n) is 3.24. The predicted molar refractivity (Wildman–Crippen MR) is 94.3 cm³/mol. The lowest BCUT2D eigenvalue weighted by molar-refractivity contribution is 0.0923. The van der Waals surface area contributed by atoms with Gasteiger partial charge in [-0.1, -0.05) is 0 Å². The van der Waals surface area contributed by atoms with E-state index >= 15 is 0 Å². The second-order valence-electron chi connectivity index (χ2n) is 6.49.